The zero-order chi connectivity index (χ0) is 17.8. The van der Waals surface area contributed by atoms with Gasteiger partial charge in [0, 0.05) is 0 Å². The molecule has 23 heavy (non-hydrogen) atoms. The molecule has 0 amide bonds. The summed E-state index contributed by atoms with van der Waals surface area (Å²) in [7, 11) is -8.07. The normalized spacial score (nSPS) is 11.5. The Kier molecular flexibility index (Phi) is 6.06. The summed E-state index contributed by atoms with van der Waals surface area (Å²) in [4.78, 5) is -0.0869. The first-order valence-electron chi connectivity index (χ1n) is 6.50. The largest absolute Gasteiger partial charge is 0.294 e. The first kappa shape index (κ1) is 19.3. The van der Waals surface area contributed by atoms with Crippen LogP contribution in [-0.4, -0.2) is 25.9 Å². The standard InChI is InChI=1S/C8H10O3S.C7H8O3S/c1-6-3-4-8(7(2)5-6)12(9,10)11;1-6-2-4-7(5-3-6)11(8,9)10/h3-5H,1-2H3,(H,9,10,11);2-5H,1H3,(H,8,9,10). The maximum atomic E-state index is 10.7. The number of benzene rings is 2. The fraction of sp³-hybridized carbons (Fsp3) is 0.200. The van der Waals surface area contributed by atoms with E-state index in [1.54, 1.807) is 31.2 Å². The topological polar surface area (TPSA) is 109 Å². The van der Waals surface area contributed by atoms with Crippen molar-refractivity contribution < 1.29 is 25.9 Å². The average molecular weight is 358 g/mol. The summed E-state index contributed by atoms with van der Waals surface area (Å²) in [5, 5.41) is 0. The molecule has 0 saturated heterocycles. The molecule has 0 fully saturated rings. The molecule has 0 atom stereocenters. The zero-order valence-corrected chi connectivity index (χ0v) is 14.5. The Morgan fingerprint density at radius 3 is 1.57 bits per heavy atom. The SMILES string of the molecule is Cc1ccc(S(=O)(=O)O)c(C)c1.Cc1ccc(S(=O)(=O)O)cc1. The quantitative estimate of drug-likeness (QED) is 0.799. The van der Waals surface area contributed by atoms with E-state index in [1.165, 1.54) is 18.2 Å². The first-order chi connectivity index (χ1) is 10.4. The monoisotopic (exact) mass is 358 g/mol. The van der Waals surface area contributed by atoms with Crippen LogP contribution in [0.5, 0.6) is 0 Å². The Labute approximate surface area is 136 Å². The minimum absolute atomic E-state index is 0.0203. The minimum Gasteiger partial charge on any atom is -0.282 e. The van der Waals surface area contributed by atoms with E-state index in [0.717, 1.165) is 11.1 Å². The molecule has 8 heteroatoms. The second-order valence-electron chi connectivity index (χ2n) is 5.03. The van der Waals surface area contributed by atoms with Gasteiger partial charge in [-0.1, -0.05) is 35.4 Å². The fourth-order valence-electron chi connectivity index (χ4n) is 1.80. The summed E-state index contributed by atoms with van der Waals surface area (Å²) in [6.45, 7) is 5.35. The van der Waals surface area contributed by atoms with Crippen LogP contribution in [0, 0.1) is 20.8 Å². The highest BCUT2D eigenvalue weighted by Crippen LogP contribution is 2.15. The predicted octanol–water partition coefficient (Wildman–Crippen LogP) is 2.79. The maximum absolute atomic E-state index is 10.7. The third-order valence-electron chi connectivity index (χ3n) is 2.93. The molecule has 0 saturated carbocycles. The van der Waals surface area contributed by atoms with Crippen molar-refractivity contribution in [2.24, 2.45) is 0 Å². The maximum Gasteiger partial charge on any atom is 0.294 e. The molecule has 126 valence electrons. The van der Waals surface area contributed by atoms with Gasteiger partial charge < -0.3 is 0 Å². The Bertz CT molecular complexity index is 882. The van der Waals surface area contributed by atoms with E-state index in [1.807, 2.05) is 13.8 Å². The summed E-state index contributed by atoms with van der Waals surface area (Å²) < 4.78 is 59.7. The molecule has 0 aromatic heterocycles. The average Bonchev–Trinajstić information content (AvgIpc) is 2.37. The third-order valence-corrected chi connectivity index (χ3v) is 4.81. The van der Waals surface area contributed by atoms with Crippen LogP contribution in [0.15, 0.2) is 52.3 Å². The van der Waals surface area contributed by atoms with Gasteiger partial charge in [-0.15, -0.1) is 0 Å². The summed E-state index contributed by atoms with van der Waals surface area (Å²) in [6, 6.07) is 10.8. The molecule has 0 heterocycles. The van der Waals surface area contributed by atoms with Crippen molar-refractivity contribution in [3.63, 3.8) is 0 Å². The number of rotatable bonds is 2. The van der Waals surface area contributed by atoms with Crippen molar-refractivity contribution in [3.05, 3.63) is 59.2 Å². The van der Waals surface area contributed by atoms with Gasteiger partial charge in [0.25, 0.3) is 20.2 Å². The molecule has 0 aliphatic heterocycles. The van der Waals surface area contributed by atoms with Crippen LogP contribution in [0.4, 0.5) is 0 Å². The lowest BCUT2D eigenvalue weighted by Crippen LogP contribution is -2.00. The van der Waals surface area contributed by atoms with E-state index in [0.29, 0.717) is 5.56 Å². The fourth-order valence-corrected chi connectivity index (χ4v) is 2.98. The minimum atomic E-state index is -4.05. The molecule has 0 aliphatic rings. The van der Waals surface area contributed by atoms with E-state index in [2.05, 4.69) is 0 Å². The lowest BCUT2D eigenvalue weighted by Gasteiger charge is -2.02. The number of aryl methyl sites for hydroxylation is 3. The summed E-state index contributed by atoms with van der Waals surface area (Å²) in [6.07, 6.45) is 0. The van der Waals surface area contributed by atoms with Gasteiger partial charge in [-0.2, -0.15) is 16.8 Å². The predicted molar refractivity (Wildman–Crippen MR) is 86.7 cm³/mol. The Balaban J connectivity index is 0.000000231. The second-order valence-corrected chi connectivity index (χ2v) is 7.84. The van der Waals surface area contributed by atoms with E-state index in [9.17, 15) is 16.8 Å². The van der Waals surface area contributed by atoms with Gasteiger partial charge in [0.05, 0.1) is 9.79 Å². The number of hydrogen-bond acceptors (Lipinski definition) is 4. The van der Waals surface area contributed by atoms with Gasteiger partial charge >= 0.3 is 0 Å². The molecule has 0 radical (unpaired) electrons. The lowest BCUT2D eigenvalue weighted by atomic mass is 10.2. The second kappa shape index (κ2) is 7.22. The van der Waals surface area contributed by atoms with Crippen molar-refractivity contribution in [2.45, 2.75) is 30.6 Å². The molecule has 2 N–H and O–H groups in total. The highest BCUT2D eigenvalue weighted by atomic mass is 32.2. The van der Waals surface area contributed by atoms with Gasteiger partial charge in [0.1, 0.15) is 0 Å². The van der Waals surface area contributed by atoms with Crippen LogP contribution in [0.25, 0.3) is 0 Å². The molecular weight excluding hydrogens is 340 g/mol. The summed E-state index contributed by atoms with van der Waals surface area (Å²) in [5.74, 6) is 0. The van der Waals surface area contributed by atoms with Crippen LogP contribution >= 0.6 is 0 Å². The van der Waals surface area contributed by atoms with Crippen molar-refractivity contribution in [1.29, 1.82) is 0 Å². The number of hydrogen-bond donors (Lipinski definition) is 2. The Morgan fingerprint density at radius 1 is 0.696 bits per heavy atom. The van der Waals surface area contributed by atoms with Gasteiger partial charge in [-0.05, 0) is 44.5 Å². The van der Waals surface area contributed by atoms with Crippen molar-refractivity contribution in [2.75, 3.05) is 0 Å². The van der Waals surface area contributed by atoms with Crippen LogP contribution in [0.1, 0.15) is 16.7 Å². The summed E-state index contributed by atoms with van der Waals surface area (Å²) in [5.41, 5.74) is 2.50. The molecular formula is C15H18O6S2. The lowest BCUT2D eigenvalue weighted by molar-refractivity contribution is 0.480. The van der Waals surface area contributed by atoms with Gasteiger partial charge in [-0.3, -0.25) is 9.11 Å². The van der Waals surface area contributed by atoms with Crippen molar-refractivity contribution in [3.8, 4) is 0 Å². The molecule has 0 unspecified atom stereocenters. The van der Waals surface area contributed by atoms with Crippen LogP contribution in [0.2, 0.25) is 0 Å². The highest BCUT2D eigenvalue weighted by Gasteiger charge is 2.11. The Hall–Kier alpha value is -1.74. The molecule has 6 nitrogen and oxygen atoms in total. The van der Waals surface area contributed by atoms with Crippen molar-refractivity contribution >= 4 is 20.2 Å². The van der Waals surface area contributed by atoms with Gasteiger partial charge in [0.15, 0.2) is 0 Å². The Morgan fingerprint density at radius 2 is 1.17 bits per heavy atom. The molecule has 2 aromatic carbocycles. The van der Waals surface area contributed by atoms with Crippen LogP contribution in [-0.2, 0) is 20.2 Å². The zero-order valence-electron chi connectivity index (χ0n) is 12.9. The third kappa shape index (κ3) is 6.11. The van der Waals surface area contributed by atoms with Crippen LogP contribution in [0.3, 0.4) is 0 Å². The molecule has 0 aliphatic carbocycles. The molecule has 2 rings (SSSR count). The van der Waals surface area contributed by atoms with E-state index in [-0.39, 0.29) is 9.79 Å². The highest BCUT2D eigenvalue weighted by molar-refractivity contribution is 7.86. The van der Waals surface area contributed by atoms with E-state index in [4.69, 9.17) is 9.11 Å². The van der Waals surface area contributed by atoms with Gasteiger partial charge in [-0.25, -0.2) is 0 Å². The smallest absolute Gasteiger partial charge is 0.282 e. The van der Waals surface area contributed by atoms with Crippen molar-refractivity contribution in [1.82, 2.24) is 0 Å². The summed E-state index contributed by atoms with van der Waals surface area (Å²) >= 11 is 0. The molecule has 0 bridgehead atoms. The van der Waals surface area contributed by atoms with Crippen LogP contribution < -0.4 is 0 Å². The van der Waals surface area contributed by atoms with E-state index >= 15 is 0 Å². The molecule has 0 spiro atoms. The molecule has 2 aromatic rings. The van der Waals surface area contributed by atoms with Gasteiger partial charge in [0.2, 0.25) is 0 Å². The first-order valence-corrected chi connectivity index (χ1v) is 9.38. The van der Waals surface area contributed by atoms with E-state index < -0.39 is 20.2 Å².